The van der Waals surface area contributed by atoms with E-state index in [1.807, 2.05) is 36.2 Å². The predicted molar refractivity (Wildman–Crippen MR) is 136 cm³/mol. The Balaban J connectivity index is 0.000000203. The Morgan fingerprint density at radius 3 is 1.94 bits per heavy atom. The van der Waals surface area contributed by atoms with E-state index in [9.17, 15) is 18.4 Å². The van der Waals surface area contributed by atoms with E-state index in [0.29, 0.717) is 0 Å². The molecule has 0 atom stereocenters. The lowest BCUT2D eigenvalue weighted by Gasteiger charge is -2.06. The molecule has 0 radical (unpaired) electrons. The molecular formula is C24H25BrF2N6O2. The molecule has 0 unspecified atom stereocenters. The standard InChI is InChI=1S/C12H12FN3O.C8H9Br.C4H4FN3O/c1-8-2-4-9(5-3-8)6-16-7-10(13)11(14)15-12(16)17;1-7-2-4-8(6-9)5-3-7;5-2-1-7-4(9)8-3(2)6/h2-5,7H,6H2,1H3,(H2,14,15,17);2-5H,6H2,1H3;1H,(H3,6,7,8,9). The molecule has 2 heterocycles. The maximum atomic E-state index is 13.2. The number of halogens is 3. The van der Waals surface area contributed by atoms with E-state index in [0.717, 1.165) is 28.9 Å². The Hall–Kier alpha value is -3.86. The van der Waals surface area contributed by atoms with Gasteiger partial charge in [-0.3, -0.25) is 9.55 Å². The van der Waals surface area contributed by atoms with Gasteiger partial charge in [0.15, 0.2) is 17.5 Å². The first kappa shape index (κ1) is 27.4. The first-order valence-corrected chi connectivity index (χ1v) is 11.4. The van der Waals surface area contributed by atoms with Gasteiger partial charge < -0.3 is 11.5 Å². The molecule has 0 saturated carbocycles. The second kappa shape index (κ2) is 13.1. The van der Waals surface area contributed by atoms with Crippen molar-refractivity contribution in [2.45, 2.75) is 25.7 Å². The Morgan fingerprint density at radius 1 is 0.914 bits per heavy atom. The summed E-state index contributed by atoms with van der Waals surface area (Å²) in [5, 5.41) is 0.952. The summed E-state index contributed by atoms with van der Waals surface area (Å²) < 4.78 is 26.5. The van der Waals surface area contributed by atoms with Crippen molar-refractivity contribution >= 4 is 27.6 Å². The van der Waals surface area contributed by atoms with E-state index in [4.69, 9.17) is 11.5 Å². The SMILES string of the molecule is Cc1ccc(CBr)cc1.Cc1ccc(Cn2cc(F)c(N)nc2=O)cc1.Nc1[nH]c(=O)ncc1F. The lowest BCUT2D eigenvalue weighted by molar-refractivity contribution is 0.586. The summed E-state index contributed by atoms with van der Waals surface area (Å²) in [6, 6.07) is 16.1. The van der Waals surface area contributed by atoms with Crippen molar-refractivity contribution in [1.29, 1.82) is 0 Å². The number of rotatable bonds is 3. The number of nitrogen functional groups attached to an aromatic ring is 2. The van der Waals surface area contributed by atoms with Crippen LogP contribution in [0.5, 0.6) is 0 Å². The van der Waals surface area contributed by atoms with Gasteiger partial charge in [-0.25, -0.2) is 18.4 Å². The summed E-state index contributed by atoms with van der Waals surface area (Å²) in [4.78, 5) is 30.1. The van der Waals surface area contributed by atoms with Gasteiger partial charge >= 0.3 is 11.4 Å². The Bertz CT molecular complexity index is 1360. The highest BCUT2D eigenvalue weighted by atomic mass is 79.9. The molecule has 0 spiro atoms. The molecule has 0 bridgehead atoms. The molecule has 184 valence electrons. The fourth-order valence-electron chi connectivity index (χ4n) is 2.55. The average Bonchev–Trinajstić information content (AvgIpc) is 2.83. The highest BCUT2D eigenvalue weighted by Crippen LogP contribution is 2.07. The molecular weight excluding hydrogens is 522 g/mol. The molecule has 8 nitrogen and oxygen atoms in total. The number of aromatic nitrogens is 4. The van der Waals surface area contributed by atoms with E-state index in [2.05, 4.69) is 57.1 Å². The van der Waals surface area contributed by atoms with Crippen LogP contribution in [0.15, 0.2) is 70.5 Å². The molecule has 5 N–H and O–H groups in total. The smallest absolute Gasteiger partial charge is 0.349 e. The summed E-state index contributed by atoms with van der Waals surface area (Å²) in [6.07, 6.45) is 1.85. The third-order valence-corrected chi connectivity index (χ3v) is 5.17. The van der Waals surface area contributed by atoms with Crippen molar-refractivity contribution in [3.05, 3.63) is 116 Å². The number of H-pyrrole nitrogens is 1. The van der Waals surface area contributed by atoms with Crippen molar-refractivity contribution in [3.8, 4) is 0 Å². The molecule has 4 aromatic rings. The van der Waals surface area contributed by atoms with Crippen molar-refractivity contribution < 1.29 is 8.78 Å². The molecule has 4 rings (SSSR count). The number of nitrogens with two attached hydrogens (primary N) is 2. The topological polar surface area (TPSA) is 133 Å². The zero-order valence-corrected chi connectivity index (χ0v) is 20.7. The summed E-state index contributed by atoms with van der Waals surface area (Å²) >= 11 is 3.38. The summed E-state index contributed by atoms with van der Waals surface area (Å²) in [5.41, 5.74) is 13.6. The highest BCUT2D eigenvalue weighted by Gasteiger charge is 2.05. The van der Waals surface area contributed by atoms with Gasteiger partial charge in [-0.1, -0.05) is 75.6 Å². The zero-order chi connectivity index (χ0) is 26.0. The van der Waals surface area contributed by atoms with E-state index in [1.54, 1.807) is 0 Å². The molecule has 2 aromatic carbocycles. The fourth-order valence-corrected chi connectivity index (χ4v) is 2.93. The third-order valence-electron chi connectivity index (χ3n) is 4.52. The third kappa shape index (κ3) is 9.13. The van der Waals surface area contributed by atoms with Crippen LogP contribution in [-0.4, -0.2) is 19.5 Å². The molecule has 11 heteroatoms. The number of aromatic amines is 1. The minimum Gasteiger partial charge on any atom is -0.383 e. The number of hydrogen-bond donors (Lipinski definition) is 3. The van der Waals surface area contributed by atoms with Gasteiger partial charge in [0.2, 0.25) is 0 Å². The fraction of sp³-hybridized carbons (Fsp3) is 0.167. The quantitative estimate of drug-likeness (QED) is 0.335. The van der Waals surface area contributed by atoms with E-state index >= 15 is 0 Å². The van der Waals surface area contributed by atoms with Crippen LogP contribution in [0.1, 0.15) is 22.3 Å². The van der Waals surface area contributed by atoms with Crippen LogP contribution in [0, 0.1) is 25.5 Å². The minimum atomic E-state index is -0.713. The molecule has 0 aliphatic carbocycles. The minimum absolute atomic E-state index is 0.281. The van der Waals surface area contributed by atoms with Crippen LogP contribution < -0.4 is 22.8 Å². The van der Waals surface area contributed by atoms with E-state index in [1.165, 1.54) is 15.7 Å². The van der Waals surface area contributed by atoms with Crippen LogP contribution in [0.3, 0.4) is 0 Å². The van der Waals surface area contributed by atoms with Crippen LogP contribution in [0.25, 0.3) is 0 Å². The van der Waals surface area contributed by atoms with Gasteiger partial charge in [0.1, 0.15) is 5.82 Å². The van der Waals surface area contributed by atoms with Crippen LogP contribution in [0.4, 0.5) is 20.4 Å². The van der Waals surface area contributed by atoms with Crippen molar-refractivity contribution in [1.82, 2.24) is 19.5 Å². The van der Waals surface area contributed by atoms with E-state index in [-0.39, 0.29) is 18.2 Å². The largest absolute Gasteiger partial charge is 0.383 e. The summed E-state index contributed by atoms with van der Waals surface area (Å²) in [7, 11) is 0. The Morgan fingerprint density at radius 2 is 1.46 bits per heavy atom. The van der Waals surface area contributed by atoms with Gasteiger partial charge in [-0.15, -0.1) is 0 Å². The van der Waals surface area contributed by atoms with Gasteiger partial charge in [0.25, 0.3) is 0 Å². The van der Waals surface area contributed by atoms with Gasteiger partial charge in [-0.2, -0.15) is 9.97 Å². The number of benzene rings is 2. The average molecular weight is 547 g/mol. The van der Waals surface area contributed by atoms with Gasteiger partial charge in [0, 0.05) is 11.5 Å². The Labute approximate surface area is 208 Å². The van der Waals surface area contributed by atoms with Crippen molar-refractivity contribution in [2.24, 2.45) is 0 Å². The highest BCUT2D eigenvalue weighted by molar-refractivity contribution is 9.08. The number of nitrogens with one attached hydrogen (secondary N) is 1. The second-order valence-corrected chi connectivity index (χ2v) is 8.00. The molecule has 0 aliphatic rings. The van der Waals surface area contributed by atoms with Crippen molar-refractivity contribution in [2.75, 3.05) is 11.5 Å². The predicted octanol–water partition coefficient (Wildman–Crippen LogP) is 3.70. The van der Waals surface area contributed by atoms with Gasteiger partial charge in [-0.05, 0) is 25.0 Å². The monoisotopic (exact) mass is 546 g/mol. The maximum absolute atomic E-state index is 13.2. The molecule has 2 aromatic heterocycles. The molecule has 0 aliphatic heterocycles. The lowest BCUT2D eigenvalue weighted by atomic mass is 10.1. The summed E-state index contributed by atoms with van der Waals surface area (Å²) in [6.45, 7) is 4.35. The number of alkyl halides is 1. The van der Waals surface area contributed by atoms with E-state index < -0.39 is 23.0 Å². The summed E-state index contributed by atoms with van der Waals surface area (Å²) in [5.74, 6) is -2.04. The number of hydrogen-bond acceptors (Lipinski definition) is 6. The molecule has 35 heavy (non-hydrogen) atoms. The number of anilines is 2. The van der Waals surface area contributed by atoms with Crippen LogP contribution in [0.2, 0.25) is 0 Å². The van der Waals surface area contributed by atoms with Crippen LogP contribution in [-0.2, 0) is 11.9 Å². The normalized spacial score (nSPS) is 9.97. The first-order valence-electron chi connectivity index (χ1n) is 10.3. The number of aryl methyl sites for hydroxylation is 2. The van der Waals surface area contributed by atoms with Crippen molar-refractivity contribution in [3.63, 3.8) is 0 Å². The maximum Gasteiger partial charge on any atom is 0.349 e. The Kier molecular flexibility index (Phi) is 10.3. The molecule has 0 amide bonds. The second-order valence-electron chi connectivity index (χ2n) is 7.44. The molecule has 0 fully saturated rings. The zero-order valence-electron chi connectivity index (χ0n) is 19.1. The van der Waals surface area contributed by atoms with Crippen LogP contribution >= 0.6 is 15.9 Å². The molecule has 0 saturated heterocycles. The lowest BCUT2D eigenvalue weighted by Crippen LogP contribution is -2.25. The first-order chi connectivity index (χ1) is 16.6. The number of nitrogens with zero attached hydrogens (tertiary/aromatic N) is 3. The van der Waals surface area contributed by atoms with Gasteiger partial charge in [0.05, 0.1) is 12.7 Å².